The fraction of sp³-hybridized carbons (Fsp3) is 0.292. The van der Waals surface area contributed by atoms with Gasteiger partial charge >= 0.3 is 5.97 Å². The average Bonchev–Trinajstić information content (AvgIpc) is 3.13. The molecule has 0 bridgehead atoms. The Labute approximate surface area is 185 Å². The van der Waals surface area contributed by atoms with Crippen LogP contribution in [0.25, 0.3) is 10.9 Å². The molecule has 8 heteroatoms. The van der Waals surface area contributed by atoms with Crippen molar-refractivity contribution in [3.63, 3.8) is 0 Å². The van der Waals surface area contributed by atoms with Crippen molar-refractivity contribution in [1.29, 1.82) is 0 Å². The van der Waals surface area contributed by atoms with Gasteiger partial charge in [-0.25, -0.2) is 9.18 Å². The van der Waals surface area contributed by atoms with Crippen LogP contribution in [0.5, 0.6) is 0 Å². The minimum Gasteiger partial charge on any atom is -0.454 e. The molecule has 3 N–H and O–H groups in total. The van der Waals surface area contributed by atoms with Crippen LogP contribution in [0.1, 0.15) is 36.7 Å². The van der Waals surface area contributed by atoms with Gasteiger partial charge in [-0.15, -0.1) is 0 Å². The van der Waals surface area contributed by atoms with Gasteiger partial charge in [-0.1, -0.05) is 18.2 Å². The predicted molar refractivity (Wildman–Crippen MR) is 119 cm³/mol. The summed E-state index contributed by atoms with van der Waals surface area (Å²) in [5.41, 5.74) is 1.43. The maximum absolute atomic E-state index is 13.2. The summed E-state index contributed by atoms with van der Waals surface area (Å²) < 4.78 is 18.4. The molecule has 1 heterocycles. The Morgan fingerprint density at radius 2 is 1.75 bits per heavy atom. The van der Waals surface area contributed by atoms with Crippen LogP contribution in [0.4, 0.5) is 4.39 Å². The fourth-order valence-corrected chi connectivity index (χ4v) is 3.25. The van der Waals surface area contributed by atoms with Crippen LogP contribution in [0, 0.1) is 5.82 Å². The van der Waals surface area contributed by atoms with Gasteiger partial charge < -0.3 is 20.4 Å². The van der Waals surface area contributed by atoms with Gasteiger partial charge in [-0.2, -0.15) is 0 Å². The summed E-state index contributed by atoms with van der Waals surface area (Å²) in [6.07, 6.45) is 1.91. The molecule has 2 amide bonds. The summed E-state index contributed by atoms with van der Waals surface area (Å²) in [7, 11) is 0. The number of para-hydroxylation sites is 1. The minimum atomic E-state index is -1.05. The summed E-state index contributed by atoms with van der Waals surface area (Å²) >= 11 is 0. The quantitative estimate of drug-likeness (QED) is 0.493. The van der Waals surface area contributed by atoms with Crippen LogP contribution in [0.2, 0.25) is 0 Å². The Bertz CT molecular complexity index is 1120. The van der Waals surface area contributed by atoms with E-state index < -0.39 is 41.8 Å². The lowest BCUT2D eigenvalue weighted by Gasteiger charge is -2.21. The van der Waals surface area contributed by atoms with E-state index in [1.807, 2.05) is 45.0 Å². The standard InChI is InChI=1S/C24H26FN3O4/c1-24(2,3)28-21(29)14-32-23(31)20(27-22(30)15-8-10-17(25)11-9-15)12-16-13-26-19-7-5-4-6-18(16)19/h4-11,13,20,26H,12,14H2,1-3H3,(H,27,30)(H,28,29). The number of rotatable bonds is 7. The highest BCUT2D eigenvalue weighted by Crippen LogP contribution is 2.19. The average molecular weight is 439 g/mol. The second kappa shape index (κ2) is 9.64. The first-order chi connectivity index (χ1) is 15.1. The summed E-state index contributed by atoms with van der Waals surface area (Å²) in [5, 5.41) is 6.27. The van der Waals surface area contributed by atoms with E-state index in [-0.39, 0.29) is 12.0 Å². The number of H-pyrrole nitrogens is 1. The molecule has 1 atom stereocenters. The van der Waals surface area contributed by atoms with Crippen molar-refractivity contribution in [2.45, 2.75) is 38.8 Å². The fourth-order valence-electron chi connectivity index (χ4n) is 3.25. The predicted octanol–water partition coefficient (Wildman–Crippen LogP) is 3.11. The number of carbonyl (C=O) groups excluding carboxylic acids is 3. The van der Waals surface area contributed by atoms with Crippen molar-refractivity contribution < 1.29 is 23.5 Å². The Kier molecular flexibility index (Phi) is 6.92. The number of esters is 1. The van der Waals surface area contributed by atoms with Gasteiger partial charge in [0, 0.05) is 34.6 Å². The van der Waals surface area contributed by atoms with E-state index >= 15 is 0 Å². The minimum absolute atomic E-state index is 0.149. The number of aromatic nitrogens is 1. The number of hydrogen-bond acceptors (Lipinski definition) is 4. The van der Waals surface area contributed by atoms with Crippen molar-refractivity contribution >= 4 is 28.7 Å². The normalized spacial score (nSPS) is 12.2. The Balaban J connectivity index is 1.76. The molecule has 32 heavy (non-hydrogen) atoms. The number of benzene rings is 2. The van der Waals surface area contributed by atoms with Crippen LogP contribution in [-0.4, -0.2) is 41.0 Å². The third-order valence-corrected chi connectivity index (χ3v) is 4.66. The molecule has 0 saturated heterocycles. The highest BCUT2D eigenvalue weighted by atomic mass is 19.1. The number of carbonyl (C=O) groups is 3. The van der Waals surface area contributed by atoms with Crippen LogP contribution in [-0.2, 0) is 20.7 Å². The van der Waals surface area contributed by atoms with Gasteiger partial charge in [0.15, 0.2) is 6.61 Å². The zero-order chi connectivity index (χ0) is 23.3. The molecule has 0 fully saturated rings. The van der Waals surface area contributed by atoms with Crippen molar-refractivity contribution in [2.24, 2.45) is 0 Å². The molecule has 2 aromatic carbocycles. The molecule has 168 valence electrons. The molecule has 0 spiro atoms. The topological polar surface area (TPSA) is 100 Å². The molecule has 0 aliphatic heterocycles. The third-order valence-electron chi connectivity index (χ3n) is 4.66. The molecule has 0 aliphatic carbocycles. The van der Waals surface area contributed by atoms with Crippen LogP contribution in [0.3, 0.4) is 0 Å². The van der Waals surface area contributed by atoms with Crippen molar-refractivity contribution in [3.8, 4) is 0 Å². The smallest absolute Gasteiger partial charge is 0.329 e. The SMILES string of the molecule is CC(C)(C)NC(=O)COC(=O)C(Cc1c[nH]c2ccccc12)NC(=O)c1ccc(F)cc1. The zero-order valence-corrected chi connectivity index (χ0v) is 18.2. The monoisotopic (exact) mass is 439 g/mol. The molecule has 7 nitrogen and oxygen atoms in total. The van der Waals surface area contributed by atoms with Gasteiger partial charge in [0.1, 0.15) is 11.9 Å². The Hall–Kier alpha value is -3.68. The van der Waals surface area contributed by atoms with Crippen LogP contribution in [0.15, 0.2) is 54.7 Å². The molecule has 3 rings (SSSR count). The van der Waals surface area contributed by atoms with E-state index in [9.17, 15) is 18.8 Å². The Morgan fingerprint density at radius 3 is 2.44 bits per heavy atom. The second-order valence-electron chi connectivity index (χ2n) is 8.50. The van der Waals surface area contributed by atoms with E-state index in [1.165, 1.54) is 24.3 Å². The summed E-state index contributed by atoms with van der Waals surface area (Å²) in [5.74, 6) is -2.21. The first kappa shape index (κ1) is 23.0. The van der Waals surface area contributed by atoms with Gasteiger partial charge in [0.2, 0.25) is 0 Å². The molecule has 1 unspecified atom stereocenters. The maximum Gasteiger partial charge on any atom is 0.329 e. The lowest BCUT2D eigenvalue weighted by atomic mass is 10.0. The van der Waals surface area contributed by atoms with Crippen molar-refractivity contribution in [3.05, 3.63) is 71.7 Å². The number of halogens is 1. The number of fused-ring (bicyclic) bond motifs is 1. The summed E-state index contributed by atoms with van der Waals surface area (Å²) in [4.78, 5) is 40.6. The lowest BCUT2D eigenvalue weighted by molar-refractivity contribution is -0.150. The van der Waals surface area contributed by atoms with Crippen LogP contribution >= 0.6 is 0 Å². The zero-order valence-electron chi connectivity index (χ0n) is 18.2. The number of ether oxygens (including phenoxy) is 1. The van der Waals surface area contributed by atoms with E-state index in [2.05, 4.69) is 15.6 Å². The van der Waals surface area contributed by atoms with Gasteiger partial charge in [-0.3, -0.25) is 9.59 Å². The van der Waals surface area contributed by atoms with E-state index in [0.29, 0.717) is 0 Å². The largest absolute Gasteiger partial charge is 0.454 e. The van der Waals surface area contributed by atoms with Gasteiger partial charge in [0.25, 0.3) is 11.8 Å². The first-order valence-corrected chi connectivity index (χ1v) is 10.2. The third kappa shape index (κ3) is 6.16. The van der Waals surface area contributed by atoms with E-state index in [1.54, 1.807) is 6.20 Å². The molecule has 3 aromatic rings. The maximum atomic E-state index is 13.2. The number of aromatic amines is 1. The molecular weight excluding hydrogens is 413 g/mol. The van der Waals surface area contributed by atoms with E-state index in [0.717, 1.165) is 16.5 Å². The Morgan fingerprint density at radius 1 is 1.06 bits per heavy atom. The second-order valence-corrected chi connectivity index (χ2v) is 8.50. The van der Waals surface area contributed by atoms with Crippen molar-refractivity contribution in [1.82, 2.24) is 15.6 Å². The summed E-state index contributed by atoms with van der Waals surface area (Å²) in [6, 6.07) is 11.5. The molecule has 1 aromatic heterocycles. The summed E-state index contributed by atoms with van der Waals surface area (Å²) in [6.45, 7) is 4.98. The van der Waals surface area contributed by atoms with Gasteiger partial charge in [-0.05, 0) is 56.7 Å². The number of nitrogens with one attached hydrogen (secondary N) is 3. The number of amides is 2. The van der Waals surface area contributed by atoms with Crippen molar-refractivity contribution in [2.75, 3.05) is 6.61 Å². The highest BCUT2D eigenvalue weighted by molar-refractivity contribution is 5.97. The molecule has 0 radical (unpaired) electrons. The molecule has 0 aliphatic rings. The van der Waals surface area contributed by atoms with Crippen LogP contribution < -0.4 is 10.6 Å². The van der Waals surface area contributed by atoms with Gasteiger partial charge in [0.05, 0.1) is 0 Å². The molecule has 0 saturated carbocycles. The molecular formula is C24H26FN3O4. The number of hydrogen-bond donors (Lipinski definition) is 3. The first-order valence-electron chi connectivity index (χ1n) is 10.2. The van der Waals surface area contributed by atoms with E-state index in [4.69, 9.17) is 4.74 Å². The lowest BCUT2D eigenvalue weighted by Crippen LogP contribution is -2.46. The highest BCUT2D eigenvalue weighted by Gasteiger charge is 2.26.